The monoisotopic (exact) mass is 280 g/mol. The maximum atomic E-state index is 11.0. The molecule has 0 saturated carbocycles. The number of rotatable bonds is 1. The van der Waals surface area contributed by atoms with Gasteiger partial charge >= 0.3 is 51.4 Å². The Morgan fingerprint density at radius 3 is 2.31 bits per heavy atom. The summed E-state index contributed by atoms with van der Waals surface area (Å²) in [7, 11) is -4.54. The van der Waals surface area contributed by atoms with Crippen LogP contribution in [0.15, 0.2) is 41.3 Å². The van der Waals surface area contributed by atoms with E-state index in [0.717, 1.165) is 0 Å². The molecular formula is C10H6ClKO3S. The van der Waals surface area contributed by atoms with E-state index in [-0.39, 0.29) is 61.3 Å². The van der Waals surface area contributed by atoms with Crippen molar-refractivity contribution < 1.29 is 64.4 Å². The summed E-state index contributed by atoms with van der Waals surface area (Å²) < 4.78 is 33.1. The molecule has 2 aromatic rings. The van der Waals surface area contributed by atoms with Crippen LogP contribution in [0.1, 0.15) is 0 Å². The molecule has 0 aromatic heterocycles. The topological polar surface area (TPSA) is 57.2 Å². The summed E-state index contributed by atoms with van der Waals surface area (Å²) in [5.74, 6) is 0. The number of hydrogen-bond acceptors (Lipinski definition) is 3. The number of hydrogen-bond donors (Lipinski definition) is 0. The van der Waals surface area contributed by atoms with Crippen molar-refractivity contribution in [1.29, 1.82) is 0 Å². The number of benzene rings is 2. The van der Waals surface area contributed by atoms with Gasteiger partial charge in [-0.2, -0.15) is 0 Å². The van der Waals surface area contributed by atoms with Crippen LogP contribution in [0.25, 0.3) is 10.8 Å². The van der Waals surface area contributed by atoms with Crippen LogP contribution < -0.4 is 51.4 Å². The third kappa shape index (κ3) is 2.86. The zero-order valence-corrected chi connectivity index (χ0v) is 13.2. The first-order valence-corrected chi connectivity index (χ1v) is 5.92. The summed E-state index contributed by atoms with van der Waals surface area (Å²) >= 11 is 5.71. The van der Waals surface area contributed by atoms with Gasteiger partial charge in [-0.25, -0.2) is 8.42 Å². The van der Waals surface area contributed by atoms with Crippen LogP contribution in [0, 0.1) is 0 Å². The molecule has 0 atom stereocenters. The van der Waals surface area contributed by atoms with Crippen molar-refractivity contribution in [2.45, 2.75) is 4.90 Å². The van der Waals surface area contributed by atoms with Gasteiger partial charge in [0.05, 0.1) is 9.92 Å². The van der Waals surface area contributed by atoms with Crippen LogP contribution in [0.2, 0.25) is 5.02 Å². The van der Waals surface area contributed by atoms with Gasteiger partial charge in [0.1, 0.15) is 10.1 Å². The molecule has 0 aliphatic heterocycles. The Hall–Kier alpha value is 0.536. The molecule has 6 heteroatoms. The van der Waals surface area contributed by atoms with Gasteiger partial charge in [-0.3, -0.25) is 0 Å². The Balaban J connectivity index is 0.00000128. The zero-order chi connectivity index (χ0) is 11.1. The second kappa shape index (κ2) is 5.45. The van der Waals surface area contributed by atoms with Crippen molar-refractivity contribution >= 4 is 32.5 Å². The Kier molecular flexibility index (Phi) is 4.97. The van der Waals surface area contributed by atoms with E-state index >= 15 is 0 Å². The van der Waals surface area contributed by atoms with Crippen molar-refractivity contribution in [2.24, 2.45) is 0 Å². The van der Waals surface area contributed by atoms with Gasteiger partial charge in [0.2, 0.25) is 0 Å². The van der Waals surface area contributed by atoms with Crippen LogP contribution in [0.4, 0.5) is 0 Å². The molecule has 0 aliphatic rings. The Morgan fingerprint density at radius 1 is 1.06 bits per heavy atom. The fraction of sp³-hybridized carbons (Fsp3) is 0. The summed E-state index contributed by atoms with van der Waals surface area (Å²) in [6.07, 6.45) is 0. The molecule has 0 fully saturated rings. The van der Waals surface area contributed by atoms with Crippen molar-refractivity contribution in [1.82, 2.24) is 0 Å². The Morgan fingerprint density at radius 2 is 1.69 bits per heavy atom. The third-order valence-corrected chi connectivity index (χ3v) is 3.45. The van der Waals surface area contributed by atoms with Gasteiger partial charge in [0, 0.05) is 5.39 Å². The second-order valence-corrected chi connectivity index (χ2v) is 4.78. The second-order valence-electron chi connectivity index (χ2n) is 3.05. The fourth-order valence-corrected chi connectivity index (χ4v) is 2.68. The van der Waals surface area contributed by atoms with Crippen LogP contribution in [-0.4, -0.2) is 13.0 Å². The van der Waals surface area contributed by atoms with Crippen molar-refractivity contribution in [3.8, 4) is 0 Å². The Labute approximate surface area is 141 Å². The van der Waals surface area contributed by atoms with E-state index < -0.39 is 10.1 Å². The minimum absolute atomic E-state index is 0. The Bertz CT molecular complexity index is 625. The van der Waals surface area contributed by atoms with E-state index in [4.69, 9.17) is 11.6 Å². The average Bonchev–Trinajstić information content (AvgIpc) is 2.15. The molecule has 16 heavy (non-hydrogen) atoms. The fourth-order valence-electron chi connectivity index (χ4n) is 1.47. The summed E-state index contributed by atoms with van der Waals surface area (Å²) in [5.41, 5.74) is 0. The van der Waals surface area contributed by atoms with E-state index in [1.165, 1.54) is 6.07 Å². The largest absolute Gasteiger partial charge is 1.00 e. The minimum atomic E-state index is -4.54. The van der Waals surface area contributed by atoms with Gasteiger partial charge in [0.25, 0.3) is 0 Å². The molecule has 0 aliphatic carbocycles. The maximum Gasteiger partial charge on any atom is 1.00 e. The molecule has 0 unspecified atom stereocenters. The van der Waals surface area contributed by atoms with E-state index in [1.807, 2.05) is 0 Å². The van der Waals surface area contributed by atoms with Crippen LogP contribution in [0.5, 0.6) is 0 Å². The molecule has 3 nitrogen and oxygen atoms in total. The van der Waals surface area contributed by atoms with Gasteiger partial charge in [0.15, 0.2) is 0 Å². The van der Waals surface area contributed by atoms with Gasteiger partial charge in [-0.05, 0) is 11.5 Å². The summed E-state index contributed by atoms with van der Waals surface area (Å²) in [5, 5.41) is 1.00. The van der Waals surface area contributed by atoms with Crippen molar-refractivity contribution in [3.05, 3.63) is 41.4 Å². The van der Waals surface area contributed by atoms with E-state index in [2.05, 4.69) is 0 Å². The first-order valence-electron chi connectivity index (χ1n) is 4.13. The zero-order valence-electron chi connectivity index (χ0n) is 8.48. The normalized spacial score (nSPS) is 11.1. The van der Waals surface area contributed by atoms with Crippen LogP contribution in [0.3, 0.4) is 0 Å². The molecule has 0 spiro atoms. The molecule has 0 N–H and O–H groups in total. The molecule has 2 aromatic carbocycles. The molecular weight excluding hydrogens is 275 g/mol. The summed E-state index contributed by atoms with van der Waals surface area (Å²) in [4.78, 5) is -0.345. The van der Waals surface area contributed by atoms with Crippen molar-refractivity contribution in [2.75, 3.05) is 0 Å². The standard InChI is InChI=1S/C10H7ClO3S.K/c11-9-6-5-7-3-1-2-4-8(7)10(9)15(12,13)14;/h1-6H,(H,12,13,14);/q;+1/p-1. The molecule has 0 heterocycles. The minimum Gasteiger partial charge on any atom is -0.744 e. The molecule has 0 bridgehead atoms. The molecule has 0 saturated heterocycles. The third-order valence-electron chi connectivity index (χ3n) is 2.08. The van der Waals surface area contributed by atoms with Gasteiger partial charge < -0.3 is 4.55 Å². The predicted octanol–water partition coefficient (Wildman–Crippen LogP) is -0.599. The van der Waals surface area contributed by atoms with Crippen molar-refractivity contribution in [3.63, 3.8) is 0 Å². The number of fused-ring (bicyclic) bond motifs is 1. The first-order chi connectivity index (χ1) is 7.00. The molecule has 0 amide bonds. The van der Waals surface area contributed by atoms with Crippen LogP contribution in [-0.2, 0) is 10.1 Å². The quantitative estimate of drug-likeness (QED) is 0.518. The summed E-state index contributed by atoms with van der Waals surface area (Å²) in [6, 6.07) is 9.79. The predicted molar refractivity (Wildman–Crippen MR) is 56.9 cm³/mol. The van der Waals surface area contributed by atoms with Gasteiger partial charge in [-0.15, -0.1) is 0 Å². The average molecular weight is 281 g/mol. The van der Waals surface area contributed by atoms with E-state index in [9.17, 15) is 13.0 Å². The number of halogens is 1. The van der Waals surface area contributed by atoms with Gasteiger partial charge in [-0.1, -0.05) is 41.9 Å². The summed E-state index contributed by atoms with van der Waals surface area (Å²) in [6.45, 7) is 0. The molecule has 0 radical (unpaired) electrons. The first kappa shape index (κ1) is 14.6. The van der Waals surface area contributed by atoms with Crippen LogP contribution >= 0.6 is 11.6 Å². The van der Waals surface area contributed by atoms with E-state index in [0.29, 0.717) is 10.8 Å². The molecule has 2 rings (SSSR count). The maximum absolute atomic E-state index is 11.0. The molecule has 78 valence electrons. The SMILES string of the molecule is O=S(=O)([O-])c1c(Cl)ccc2ccccc12.[K+]. The van der Waals surface area contributed by atoms with E-state index in [1.54, 1.807) is 30.3 Å². The smallest absolute Gasteiger partial charge is 0.744 e.